The van der Waals surface area contributed by atoms with Crippen molar-refractivity contribution in [2.24, 2.45) is 0 Å². The van der Waals surface area contributed by atoms with Crippen LogP contribution in [0.25, 0.3) is 6.08 Å². The SMILES string of the molecule is COc1cc(/C=C(\C)CC[C@H]2OC[C@H]3C2=C(CO[Si](c2ccccc2)(c2ccccc2)C(C)(C)C)CS3(=O)=O)cc(I)c1O. The van der Waals surface area contributed by atoms with E-state index < -0.39 is 23.4 Å². The predicted molar refractivity (Wildman–Crippen MR) is 188 cm³/mol. The molecule has 9 heteroatoms. The molecule has 0 aromatic heterocycles. The Morgan fingerprint density at radius 3 is 2.25 bits per heavy atom. The van der Waals surface area contributed by atoms with Crippen molar-refractivity contribution in [2.45, 2.75) is 56.9 Å². The maximum Gasteiger partial charge on any atom is 0.261 e. The number of phenols is 1. The average Bonchev–Trinajstić information content (AvgIpc) is 3.53. The fraction of sp³-hybridized carbons (Fsp3) is 0.371. The minimum atomic E-state index is -3.36. The summed E-state index contributed by atoms with van der Waals surface area (Å²) in [5.41, 5.74) is 3.82. The number of hydrogen-bond donors (Lipinski definition) is 1. The van der Waals surface area contributed by atoms with Crippen molar-refractivity contribution in [3.8, 4) is 11.5 Å². The summed E-state index contributed by atoms with van der Waals surface area (Å²) < 4.78 is 46.1. The first-order valence-electron chi connectivity index (χ1n) is 14.9. The van der Waals surface area contributed by atoms with Crippen LogP contribution in [0.15, 0.2) is 89.5 Å². The molecule has 1 saturated heterocycles. The van der Waals surface area contributed by atoms with Gasteiger partial charge in [-0.3, -0.25) is 0 Å². The van der Waals surface area contributed by atoms with Gasteiger partial charge in [-0.05, 0) is 86.6 Å². The van der Waals surface area contributed by atoms with Crippen molar-refractivity contribution in [1.29, 1.82) is 0 Å². The van der Waals surface area contributed by atoms with Gasteiger partial charge in [0.05, 0.1) is 35.8 Å². The highest BCUT2D eigenvalue weighted by Gasteiger charge is 2.52. The molecule has 6 nitrogen and oxygen atoms in total. The van der Waals surface area contributed by atoms with E-state index in [1.54, 1.807) is 0 Å². The van der Waals surface area contributed by atoms with Gasteiger partial charge in [0.25, 0.3) is 8.32 Å². The molecule has 0 aliphatic carbocycles. The summed E-state index contributed by atoms with van der Waals surface area (Å²) in [7, 11) is -4.65. The third-order valence-electron chi connectivity index (χ3n) is 8.72. The molecular formula is C35H41IO6SSi. The zero-order valence-electron chi connectivity index (χ0n) is 26.0. The lowest BCUT2D eigenvalue weighted by Crippen LogP contribution is -2.66. The lowest BCUT2D eigenvalue weighted by atomic mass is 9.97. The molecule has 0 spiro atoms. The number of halogens is 1. The third-order valence-corrected chi connectivity index (χ3v) is 16.5. The Bertz CT molecular complexity index is 1620. The molecule has 2 aliphatic rings. The monoisotopic (exact) mass is 744 g/mol. The van der Waals surface area contributed by atoms with Crippen LogP contribution in [0.4, 0.5) is 0 Å². The number of fused-ring (bicyclic) bond motifs is 1. The predicted octanol–water partition coefficient (Wildman–Crippen LogP) is 6.26. The fourth-order valence-corrected chi connectivity index (χ4v) is 13.7. The molecule has 234 valence electrons. The summed E-state index contributed by atoms with van der Waals surface area (Å²) in [5.74, 6) is 0.589. The highest BCUT2D eigenvalue weighted by Crippen LogP contribution is 2.41. The number of benzene rings is 3. The first-order chi connectivity index (χ1) is 20.9. The Kier molecular flexibility index (Phi) is 9.82. The van der Waals surface area contributed by atoms with E-state index in [1.165, 1.54) is 17.5 Å². The number of allylic oxidation sites excluding steroid dienone is 1. The standard InChI is InChI=1S/C35H41IO6SSi/c1-24(18-25-19-29(36)34(37)31(20-25)40-5)16-17-30-33-26(23-43(38,39)32(33)22-41-30)21-42-44(35(2,3)4,27-12-8-6-9-13-27)28-14-10-7-11-15-28/h6-15,18-20,30,32,37H,16-17,21-23H2,1-5H3/b24-18+/t30-,32+/m1/s1. The van der Waals surface area contributed by atoms with E-state index in [0.29, 0.717) is 12.2 Å². The number of sulfone groups is 1. The van der Waals surface area contributed by atoms with Crippen LogP contribution in [0.1, 0.15) is 46.1 Å². The number of ether oxygens (including phenoxy) is 2. The molecule has 0 bridgehead atoms. The van der Waals surface area contributed by atoms with E-state index in [-0.39, 0.29) is 35.9 Å². The smallest absolute Gasteiger partial charge is 0.261 e. The fourth-order valence-electron chi connectivity index (χ4n) is 6.64. The molecule has 3 aromatic rings. The van der Waals surface area contributed by atoms with Crippen LogP contribution in [0, 0.1) is 3.57 Å². The van der Waals surface area contributed by atoms with Gasteiger partial charge in [0.15, 0.2) is 21.3 Å². The second-order valence-electron chi connectivity index (χ2n) is 12.7. The summed E-state index contributed by atoms with van der Waals surface area (Å²) in [6.45, 7) is 9.21. The van der Waals surface area contributed by atoms with E-state index in [2.05, 4.69) is 105 Å². The lowest BCUT2D eigenvalue weighted by molar-refractivity contribution is 0.117. The summed E-state index contributed by atoms with van der Waals surface area (Å²) in [4.78, 5) is 0. The molecule has 44 heavy (non-hydrogen) atoms. The number of hydrogen-bond acceptors (Lipinski definition) is 6. The molecule has 1 N–H and O–H groups in total. The quantitative estimate of drug-likeness (QED) is 0.150. The highest BCUT2D eigenvalue weighted by atomic mass is 127. The van der Waals surface area contributed by atoms with Crippen molar-refractivity contribution >= 4 is 57.2 Å². The number of phenolic OH excluding ortho intramolecular Hbond substituents is 1. The Labute approximate surface area is 276 Å². The van der Waals surface area contributed by atoms with E-state index in [0.717, 1.165) is 32.3 Å². The lowest BCUT2D eigenvalue weighted by Gasteiger charge is -2.43. The molecule has 2 heterocycles. The zero-order chi connectivity index (χ0) is 31.7. The first kappa shape index (κ1) is 32.9. The zero-order valence-corrected chi connectivity index (χ0v) is 29.9. The first-order valence-corrected chi connectivity index (χ1v) is 19.6. The summed E-state index contributed by atoms with van der Waals surface area (Å²) in [6.07, 6.45) is 3.22. The van der Waals surface area contributed by atoms with Crippen LogP contribution in [-0.2, 0) is 19.0 Å². The second kappa shape index (κ2) is 13.1. The normalized spacial score (nSPS) is 20.2. The maximum absolute atomic E-state index is 13.3. The molecule has 0 amide bonds. The molecule has 5 rings (SSSR count). The van der Waals surface area contributed by atoms with Gasteiger partial charge < -0.3 is 19.0 Å². The van der Waals surface area contributed by atoms with Crippen molar-refractivity contribution in [1.82, 2.24) is 0 Å². The summed E-state index contributed by atoms with van der Waals surface area (Å²) in [5, 5.41) is 11.7. The summed E-state index contributed by atoms with van der Waals surface area (Å²) in [6, 6.07) is 24.6. The second-order valence-corrected chi connectivity index (χ2v) is 20.4. The molecule has 0 radical (unpaired) electrons. The largest absolute Gasteiger partial charge is 0.504 e. The minimum absolute atomic E-state index is 0.0195. The van der Waals surface area contributed by atoms with Gasteiger partial charge in [0.2, 0.25) is 0 Å². The van der Waals surface area contributed by atoms with Crippen LogP contribution in [-0.4, -0.2) is 59.3 Å². The van der Waals surface area contributed by atoms with Gasteiger partial charge in [-0.2, -0.15) is 0 Å². The molecule has 2 atom stereocenters. The Morgan fingerprint density at radius 2 is 1.68 bits per heavy atom. The van der Waals surface area contributed by atoms with E-state index in [9.17, 15) is 13.5 Å². The Morgan fingerprint density at radius 1 is 1.07 bits per heavy atom. The van der Waals surface area contributed by atoms with Gasteiger partial charge >= 0.3 is 0 Å². The maximum atomic E-state index is 13.3. The Hall–Kier alpha value is -2.44. The molecule has 3 aromatic carbocycles. The molecule has 2 aliphatic heterocycles. The van der Waals surface area contributed by atoms with Gasteiger partial charge in [-0.25, -0.2) is 8.42 Å². The van der Waals surface area contributed by atoms with Crippen LogP contribution in [0.2, 0.25) is 5.04 Å². The van der Waals surface area contributed by atoms with Crippen LogP contribution in [0.3, 0.4) is 0 Å². The van der Waals surface area contributed by atoms with E-state index in [4.69, 9.17) is 13.9 Å². The molecule has 1 fully saturated rings. The molecular weight excluding hydrogens is 703 g/mol. The topological polar surface area (TPSA) is 82.1 Å². The third kappa shape index (κ3) is 6.44. The van der Waals surface area contributed by atoms with Crippen molar-refractivity contribution in [3.63, 3.8) is 0 Å². The van der Waals surface area contributed by atoms with Gasteiger partial charge in [-0.1, -0.05) is 93.1 Å². The van der Waals surface area contributed by atoms with Gasteiger partial charge in [-0.15, -0.1) is 0 Å². The van der Waals surface area contributed by atoms with Crippen LogP contribution >= 0.6 is 22.6 Å². The van der Waals surface area contributed by atoms with E-state index in [1.807, 2.05) is 24.3 Å². The van der Waals surface area contributed by atoms with Crippen molar-refractivity contribution < 1.29 is 27.4 Å². The Balaban J connectivity index is 1.43. The molecule has 0 saturated carbocycles. The van der Waals surface area contributed by atoms with E-state index >= 15 is 0 Å². The van der Waals surface area contributed by atoms with Crippen LogP contribution in [0.5, 0.6) is 11.5 Å². The van der Waals surface area contributed by atoms with Crippen LogP contribution < -0.4 is 15.1 Å². The minimum Gasteiger partial charge on any atom is -0.504 e. The van der Waals surface area contributed by atoms with Gasteiger partial charge in [0.1, 0.15) is 5.25 Å². The molecule has 0 unspecified atom stereocenters. The van der Waals surface area contributed by atoms with Gasteiger partial charge in [0, 0.05) is 0 Å². The average molecular weight is 745 g/mol. The number of methoxy groups -OCH3 is 1. The summed E-state index contributed by atoms with van der Waals surface area (Å²) >= 11 is 2.09. The number of rotatable bonds is 10. The van der Waals surface area contributed by atoms with Crippen molar-refractivity contribution in [3.05, 3.63) is 98.6 Å². The number of aromatic hydroxyl groups is 1. The van der Waals surface area contributed by atoms with Crippen molar-refractivity contribution in [2.75, 3.05) is 26.1 Å². The highest BCUT2D eigenvalue weighted by molar-refractivity contribution is 14.1.